The van der Waals surface area contributed by atoms with Gasteiger partial charge in [0.2, 0.25) is 0 Å². The van der Waals surface area contributed by atoms with E-state index < -0.39 is 0 Å². The highest BCUT2D eigenvalue weighted by molar-refractivity contribution is 4.60. The van der Waals surface area contributed by atoms with Gasteiger partial charge in [0.05, 0.1) is 13.2 Å². The highest BCUT2D eigenvalue weighted by Gasteiger charge is 2.12. The van der Waals surface area contributed by atoms with Gasteiger partial charge in [-0.2, -0.15) is 7.05 Å². The number of rotatable bonds is 2. The lowest BCUT2D eigenvalue weighted by Gasteiger charge is -2.20. The lowest BCUT2D eigenvalue weighted by atomic mass is 10.0. The van der Waals surface area contributed by atoms with Gasteiger partial charge in [0.25, 0.3) is 0 Å². The molecule has 0 aromatic heterocycles. The molecule has 2 N–H and O–H groups in total. The monoisotopic (exact) mass is 129 g/mol. The molecule has 0 aromatic carbocycles. The molecule has 9 heavy (non-hydrogen) atoms. The number of nitrogens with two attached hydrogens (primary N) is 1. The van der Waals surface area contributed by atoms with E-state index in [9.17, 15) is 0 Å². The van der Waals surface area contributed by atoms with E-state index in [1.807, 2.05) is 5.32 Å². The maximum atomic E-state index is 5.29. The standard InChI is InChI=1S/C7H15NO/c1-8-5-7-3-2-4-9-6-7/h7H,1-6,8H2. The molecule has 0 aromatic rings. The number of quaternary nitrogens is 1. The van der Waals surface area contributed by atoms with E-state index in [4.69, 9.17) is 4.74 Å². The minimum absolute atomic E-state index is 0.760. The van der Waals surface area contributed by atoms with Crippen LogP contribution >= 0.6 is 0 Å². The molecule has 0 saturated carbocycles. The van der Waals surface area contributed by atoms with Crippen molar-refractivity contribution < 1.29 is 10.1 Å². The van der Waals surface area contributed by atoms with Crippen molar-refractivity contribution in [1.29, 1.82) is 0 Å². The summed E-state index contributed by atoms with van der Waals surface area (Å²) in [6.07, 6.45) is 2.56. The Hall–Kier alpha value is -0.0800. The van der Waals surface area contributed by atoms with Crippen LogP contribution in [0.25, 0.3) is 0 Å². The van der Waals surface area contributed by atoms with Crippen molar-refractivity contribution in [3.05, 3.63) is 7.05 Å². The zero-order valence-corrected chi connectivity index (χ0v) is 5.81. The van der Waals surface area contributed by atoms with Crippen LogP contribution in [-0.2, 0) is 4.74 Å². The summed E-state index contributed by atoms with van der Waals surface area (Å²) in [5.74, 6) is 0.760. The first-order valence-corrected chi connectivity index (χ1v) is 3.62. The molecule has 1 heterocycles. The molecule has 1 unspecified atom stereocenters. The number of ether oxygens (including phenoxy) is 1. The summed E-state index contributed by atoms with van der Waals surface area (Å²) in [4.78, 5) is 0. The van der Waals surface area contributed by atoms with Gasteiger partial charge in [0.15, 0.2) is 0 Å². The predicted molar refractivity (Wildman–Crippen MR) is 35.7 cm³/mol. The minimum atomic E-state index is 0.760. The Morgan fingerprint density at radius 3 is 3.11 bits per heavy atom. The fraction of sp³-hybridized carbons (Fsp3) is 0.857. The van der Waals surface area contributed by atoms with Crippen molar-refractivity contribution in [3.8, 4) is 0 Å². The van der Waals surface area contributed by atoms with Gasteiger partial charge in [0.1, 0.15) is 0 Å². The van der Waals surface area contributed by atoms with Gasteiger partial charge >= 0.3 is 0 Å². The number of hydrogen-bond donors (Lipinski definition) is 1. The average Bonchev–Trinajstić information content (AvgIpc) is 1.91. The van der Waals surface area contributed by atoms with Crippen molar-refractivity contribution in [2.45, 2.75) is 12.8 Å². The maximum absolute atomic E-state index is 5.29. The Balaban J connectivity index is 2.08. The van der Waals surface area contributed by atoms with Crippen LogP contribution in [0.2, 0.25) is 0 Å². The van der Waals surface area contributed by atoms with Crippen LogP contribution in [-0.4, -0.2) is 19.8 Å². The molecule has 2 nitrogen and oxygen atoms in total. The summed E-state index contributed by atoms with van der Waals surface area (Å²) in [6, 6.07) is 0. The summed E-state index contributed by atoms with van der Waals surface area (Å²) in [5.41, 5.74) is 0. The second-order valence-corrected chi connectivity index (χ2v) is 2.61. The van der Waals surface area contributed by atoms with E-state index in [-0.39, 0.29) is 0 Å². The third-order valence-electron chi connectivity index (χ3n) is 1.75. The van der Waals surface area contributed by atoms with Gasteiger partial charge in [-0.15, -0.1) is 0 Å². The molecule has 1 atom stereocenters. The van der Waals surface area contributed by atoms with Crippen molar-refractivity contribution in [3.63, 3.8) is 0 Å². The second-order valence-electron chi connectivity index (χ2n) is 2.61. The van der Waals surface area contributed by atoms with Crippen LogP contribution in [0.4, 0.5) is 0 Å². The molecular weight excluding hydrogens is 114 g/mol. The van der Waals surface area contributed by atoms with E-state index in [0.717, 1.165) is 25.7 Å². The fourth-order valence-electron chi connectivity index (χ4n) is 1.23. The van der Waals surface area contributed by atoms with Crippen LogP contribution in [0.15, 0.2) is 0 Å². The van der Waals surface area contributed by atoms with E-state index >= 15 is 0 Å². The van der Waals surface area contributed by atoms with Crippen LogP contribution < -0.4 is 5.32 Å². The third-order valence-corrected chi connectivity index (χ3v) is 1.75. The SMILES string of the molecule is [CH2-][NH2+]CC1CCCOC1. The van der Waals surface area contributed by atoms with Crippen molar-refractivity contribution in [1.82, 2.24) is 0 Å². The van der Waals surface area contributed by atoms with Crippen molar-refractivity contribution in [2.75, 3.05) is 19.8 Å². The predicted octanol–water partition coefficient (Wildman–Crippen LogP) is -0.232. The second kappa shape index (κ2) is 3.85. The van der Waals surface area contributed by atoms with E-state index in [1.54, 1.807) is 0 Å². The summed E-state index contributed by atoms with van der Waals surface area (Å²) in [6.45, 7) is 3.04. The first-order chi connectivity index (χ1) is 4.43. The third kappa shape index (κ3) is 2.33. The Morgan fingerprint density at radius 2 is 2.56 bits per heavy atom. The largest absolute Gasteiger partial charge is 0.479 e. The molecule has 1 saturated heterocycles. The summed E-state index contributed by atoms with van der Waals surface area (Å²) in [7, 11) is 3.70. The normalized spacial score (nSPS) is 28.3. The molecule has 0 radical (unpaired) electrons. The highest BCUT2D eigenvalue weighted by atomic mass is 16.5. The smallest absolute Gasteiger partial charge is 0.0566 e. The summed E-state index contributed by atoms with van der Waals surface area (Å²) in [5, 5.41) is 1.99. The maximum Gasteiger partial charge on any atom is 0.0566 e. The molecule has 0 amide bonds. The molecule has 1 fully saturated rings. The van der Waals surface area contributed by atoms with Gasteiger partial charge in [0, 0.05) is 12.5 Å². The zero-order valence-electron chi connectivity index (χ0n) is 5.81. The minimum Gasteiger partial charge on any atom is -0.479 e. The molecule has 2 heteroatoms. The molecule has 1 rings (SSSR count). The van der Waals surface area contributed by atoms with Crippen molar-refractivity contribution in [2.24, 2.45) is 5.92 Å². The van der Waals surface area contributed by atoms with Crippen LogP contribution in [0.3, 0.4) is 0 Å². The topological polar surface area (TPSA) is 25.8 Å². The van der Waals surface area contributed by atoms with Gasteiger partial charge in [-0.3, -0.25) is 0 Å². The molecule has 1 aliphatic rings. The van der Waals surface area contributed by atoms with Crippen LogP contribution in [0.5, 0.6) is 0 Å². The molecule has 1 aliphatic heterocycles. The van der Waals surface area contributed by atoms with E-state index in [0.29, 0.717) is 0 Å². The van der Waals surface area contributed by atoms with Gasteiger partial charge in [-0.05, 0) is 12.8 Å². The van der Waals surface area contributed by atoms with Gasteiger partial charge < -0.3 is 10.1 Å². The van der Waals surface area contributed by atoms with Gasteiger partial charge in [-0.25, -0.2) is 0 Å². The van der Waals surface area contributed by atoms with Crippen LogP contribution in [0.1, 0.15) is 12.8 Å². The molecule has 0 bridgehead atoms. The first-order valence-electron chi connectivity index (χ1n) is 3.62. The fourth-order valence-corrected chi connectivity index (χ4v) is 1.23. The Morgan fingerprint density at radius 1 is 1.67 bits per heavy atom. The first kappa shape index (κ1) is 7.03. The highest BCUT2D eigenvalue weighted by Crippen LogP contribution is 2.10. The average molecular weight is 129 g/mol. The Kier molecular flexibility index (Phi) is 3.01. The molecule has 0 aliphatic carbocycles. The lowest BCUT2D eigenvalue weighted by molar-refractivity contribution is -0.603. The van der Waals surface area contributed by atoms with Gasteiger partial charge in [-0.1, -0.05) is 0 Å². The van der Waals surface area contributed by atoms with E-state index in [2.05, 4.69) is 7.05 Å². The molecular formula is C7H15NO. The lowest BCUT2D eigenvalue weighted by Crippen LogP contribution is -2.79. The molecule has 54 valence electrons. The summed E-state index contributed by atoms with van der Waals surface area (Å²) < 4.78 is 5.29. The Labute approximate surface area is 56.6 Å². The van der Waals surface area contributed by atoms with Crippen molar-refractivity contribution >= 4 is 0 Å². The number of hydrogen-bond acceptors (Lipinski definition) is 1. The molecule has 0 spiro atoms. The Bertz CT molecular complexity index is 66.6. The van der Waals surface area contributed by atoms with Crippen LogP contribution in [0, 0.1) is 13.0 Å². The zero-order chi connectivity index (χ0) is 6.53. The summed E-state index contributed by atoms with van der Waals surface area (Å²) >= 11 is 0. The quantitative estimate of drug-likeness (QED) is 0.512. The van der Waals surface area contributed by atoms with E-state index in [1.165, 1.54) is 12.8 Å².